The number of hydrogen-bond acceptors (Lipinski definition) is 3. The zero-order valence-corrected chi connectivity index (χ0v) is 10.7. The van der Waals surface area contributed by atoms with Crippen molar-refractivity contribution in [3.8, 4) is 0 Å². The lowest BCUT2D eigenvalue weighted by molar-refractivity contribution is -0.141. The molecule has 1 fully saturated rings. The van der Waals surface area contributed by atoms with Crippen LogP contribution in [0.2, 0.25) is 0 Å². The molecule has 7 heteroatoms. The van der Waals surface area contributed by atoms with Gasteiger partial charge in [-0.05, 0) is 25.0 Å². The lowest BCUT2D eigenvalue weighted by atomic mass is 10.2. The van der Waals surface area contributed by atoms with E-state index in [0.29, 0.717) is 6.61 Å². The van der Waals surface area contributed by atoms with Crippen LogP contribution in [-0.4, -0.2) is 23.6 Å². The molecule has 0 aliphatic carbocycles. The average Bonchev–Trinajstić information content (AvgIpc) is 2.88. The van der Waals surface area contributed by atoms with Gasteiger partial charge >= 0.3 is 6.18 Å². The molecule has 1 N–H and O–H groups in total. The number of ether oxygens (including phenoxy) is 1. The molecule has 20 heavy (non-hydrogen) atoms. The van der Waals surface area contributed by atoms with E-state index < -0.39 is 11.9 Å². The molecule has 1 saturated heterocycles. The minimum Gasteiger partial charge on any atom is -0.378 e. The molecule has 1 atom stereocenters. The summed E-state index contributed by atoms with van der Waals surface area (Å²) >= 11 is 0. The Morgan fingerprint density at radius 3 is 2.90 bits per heavy atom. The van der Waals surface area contributed by atoms with Crippen LogP contribution in [0.15, 0.2) is 18.2 Å². The summed E-state index contributed by atoms with van der Waals surface area (Å²) in [4.78, 5) is 15.1. The Morgan fingerprint density at radius 2 is 2.25 bits per heavy atom. The Hall–Kier alpha value is -1.63. The van der Waals surface area contributed by atoms with Gasteiger partial charge in [0.25, 0.3) is 0 Å². The van der Waals surface area contributed by atoms with E-state index in [1.54, 1.807) is 0 Å². The third-order valence-corrected chi connectivity index (χ3v) is 3.00. The van der Waals surface area contributed by atoms with Crippen molar-refractivity contribution in [2.75, 3.05) is 6.61 Å². The number of halogens is 3. The maximum absolute atomic E-state index is 12.5. The van der Waals surface area contributed by atoms with Crippen LogP contribution in [0.5, 0.6) is 0 Å². The summed E-state index contributed by atoms with van der Waals surface area (Å²) in [6.45, 7) is 0.641. The Bertz CT molecular complexity index is 471. The fourth-order valence-corrected chi connectivity index (χ4v) is 2.01. The Kier molecular flexibility index (Phi) is 4.59. The quantitative estimate of drug-likeness (QED) is 0.924. The predicted molar refractivity (Wildman–Crippen MR) is 64.7 cm³/mol. The lowest BCUT2D eigenvalue weighted by Gasteiger charge is -2.10. The highest BCUT2D eigenvalue weighted by Gasteiger charge is 2.32. The zero-order chi connectivity index (χ0) is 14.6. The molecule has 110 valence electrons. The minimum atomic E-state index is -4.47. The molecule has 1 amide bonds. The molecule has 2 rings (SSSR count). The van der Waals surface area contributed by atoms with E-state index in [0.717, 1.165) is 18.9 Å². The average molecular weight is 288 g/mol. The van der Waals surface area contributed by atoms with Crippen LogP contribution in [0.25, 0.3) is 0 Å². The highest BCUT2D eigenvalue weighted by Crippen LogP contribution is 2.27. The third kappa shape index (κ3) is 4.19. The Morgan fingerprint density at radius 1 is 1.45 bits per heavy atom. The van der Waals surface area contributed by atoms with Gasteiger partial charge in [0.2, 0.25) is 5.91 Å². The molecule has 1 aromatic heterocycles. The molecule has 0 spiro atoms. The predicted octanol–water partition coefficient (Wildman–Crippen LogP) is 2.29. The van der Waals surface area contributed by atoms with Crippen molar-refractivity contribution >= 4 is 5.91 Å². The van der Waals surface area contributed by atoms with Crippen molar-refractivity contribution in [1.82, 2.24) is 10.3 Å². The van der Waals surface area contributed by atoms with Crippen LogP contribution >= 0.6 is 0 Å². The normalized spacial score (nSPS) is 19.1. The van der Waals surface area contributed by atoms with E-state index in [1.807, 2.05) is 0 Å². The first kappa shape index (κ1) is 14.8. The topological polar surface area (TPSA) is 51.2 Å². The molecule has 0 aromatic carbocycles. The van der Waals surface area contributed by atoms with Gasteiger partial charge in [-0.15, -0.1) is 0 Å². The molecule has 4 nitrogen and oxygen atoms in total. The standard InChI is InChI=1S/C13H15F3N2O2/c14-13(15,16)11-5-1-3-9(18-11)8-17-12(19)7-10-4-2-6-20-10/h1,3,5,10H,2,4,6-8H2,(H,17,19). The summed E-state index contributed by atoms with van der Waals surface area (Å²) in [5.41, 5.74) is -0.774. The van der Waals surface area contributed by atoms with Crippen molar-refractivity contribution < 1.29 is 22.7 Å². The molecule has 0 bridgehead atoms. The number of amides is 1. The van der Waals surface area contributed by atoms with Gasteiger partial charge in [0.15, 0.2) is 0 Å². The van der Waals surface area contributed by atoms with Gasteiger partial charge in [0.1, 0.15) is 5.69 Å². The van der Waals surface area contributed by atoms with Crippen molar-refractivity contribution in [1.29, 1.82) is 0 Å². The first-order valence-corrected chi connectivity index (χ1v) is 6.36. The fraction of sp³-hybridized carbons (Fsp3) is 0.538. The zero-order valence-electron chi connectivity index (χ0n) is 10.7. The van der Waals surface area contributed by atoms with Crippen molar-refractivity contribution in [2.45, 2.75) is 38.1 Å². The minimum absolute atomic E-state index is 0.0184. The number of nitrogens with zero attached hydrogens (tertiary/aromatic N) is 1. The second kappa shape index (κ2) is 6.21. The monoisotopic (exact) mass is 288 g/mol. The van der Waals surface area contributed by atoms with Crippen LogP contribution in [0.3, 0.4) is 0 Å². The second-order valence-electron chi connectivity index (χ2n) is 4.63. The van der Waals surface area contributed by atoms with E-state index in [9.17, 15) is 18.0 Å². The van der Waals surface area contributed by atoms with Crippen LogP contribution in [0.1, 0.15) is 30.7 Å². The van der Waals surface area contributed by atoms with Crippen LogP contribution in [-0.2, 0) is 22.3 Å². The van der Waals surface area contributed by atoms with Gasteiger partial charge < -0.3 is 10.1 Å². The van der Waals surface area contributed by atoms with Gasteiger partial charge in [-0.2, -0.15) is 13.2 Å². The van der Waals surface area contributed by atoms with Gasteiger partial charge in [-0.1, -0.05) is 6.07 Å². The number of aromatic nitrogens is 1. The lowest BCUT2D eigenvalue weighted by Crippen LogP contribution is -2.27. The summed E-state index contributed by atoms with van der Waals surface area (Å²) in [6.07, 6.45) is -2.54. The molecule has 1 aromatic rings. The molecular formula is C13H15F3N2O2. The van der Waals surface area contributed by atoms with Crippen LogP contribution in [0, 0.1) is 0 Å². The first-order valence-electron chi connectivity index (χ1n) is 6.36. The number of hydrogen-bond donors (Lipinski definition) is 1. The van der Waals surface area contributed by atoms with Crippen molar-refractivity contribution in [2.24, 2.45) is 0 Å². The van der Waals surface area contributed by atoms with Gasteiger partial charge in [0.05, 0.1) is 24.8 Å². The summed E-state index contributed by atoms with van der Waals surface area (Å²) in [6, 6.07) is 3.62. The van der Waals surface area contributed by atoms with Gasteiger partial charge in [0, 0.05) is 6.61 Å². The largest absolute Gasteiger partial charge is 0.433 e. The number of pyridine rings is 1. The molecular weight excluding hydrogens is 273 g/mol. The summed E-state index contributed by atoms with van der Waals surface area (Å²) in [5, 5.41) is 2.56. The Balaban J connectivity index is 1.85. The number of alkyl halides is 3. The number of carbonyl (C=O) groups is 1. The highest BCUT2D eigenvalue weighted by molar-refractivity contribution is 5.76. The molecule has 0 saturated carbocycles. The highest BCUT2D eigenvalue weighted by atomic mass is 19.4. The number of nitrogens with one attached hydrogen (secondary N) is 1. The summed E-state index contributed by atoms with van der Waals surface area (Å²) in [5.74, 6) is -0.240. The maximum atomic E-state index is 12.5. The van der Waals surface area contributed by atoms with Crippen molar-refractivity contribution in [3.05, 3.63) is 29.6 Å². The number of rotatable bonds is 4. The van der Waals surface area contributed by atoms with Crippen LogP contribution < -0.4 is 5.32 Å². The smallest absolute Gasteiger partial charge is 0.378 e. The molecule has 2 heterocycles. The molecule has 1 unspecified atom stereocenters. The van der Waals surface area contributed by atoms with Crippen molar-refractivity contribution in [3.63, 3.8) is 0 Å². The summed E-state index contributed by atoms with van der Waals surface area (Å²) < 4.78 is 42.7. The van der Waals surface area contributed by atoms with Gasteiger partial charge in [-0.25, -0.2) is 4.98 Å². The summed E-state index contributed by atoms with van der Waals surface area (Å²) in [7, 11) is 0. The SMILES string of the molecule is O=C(CC1CCCO1)NCc1cccc(C(F)(F)F)n1. The van der Waals surface area contributed by atoms with E-state index in [2.05, 4.69) is 10.3 Å². The first-order chi connectivity index (χ1) is 9.45. The molecule has 1 aliphatic rings. The van der Waals surface area contributed by atoms with Crippen LogP contribution in [0.4, 0.5) is 13.2 Å². The molecule has 1 aliphatic heterocycles. The Labute approximate surface area is 114 Å². The fourth-order valence-electron chi connectivity index (χ4n) is 2.01. The van der Waals surface area contributed by atoms with E-state index in [-0.39, 0.29) is 30.7 Å². The molecule has 0 radical (unpaired) electrons. The third-order valence-electron chi connectivity index (χ3n) is 3.00. The maximum Gasteiger partial charge on any atom is 0.433 e. The van der Waals surface area contributed by atoms with E-state index >= 15 is 0 Å². The van der Waals surface area contributed by atoms with Gasteiger partial charge in [-0.3, -0.25) is 4.79 Å². The number of carbonyl (C=O) groups excluding carboxylic acids is 1. The van der Waals surface area contributed by atoms with E-state index in [1.165, 1.54) is 12.1 Å². The van der Waals surface area contributed by atoms with E-state index in [4.69, 9.17) is 4.74 Å². The second-order valence-corrected chi connectivity index (χ2v) is 4.63.